The second-order valence-electron chi connectivity index (χ2n) is 3.87. The lowest BCUT2D eigenvalue weighted by molar-refractivity contribution is 0.0690. The molecule has 90 valence electrons. The van der Waals surface area contributed by atoms with Crippen LogP contribution in [0.1, 0.15) is 10.5 Å². The number of hydrogen-bond acceptors (Lipinski definition) is 2. The minimum atomic E-state index is -1.04. The van der Waals surface area contributed by atoms with E-state index in [1.807, 2.05) is 12.1 Å². The Hall–Kier alpha value is -2.27. The van der Waals surface area contributed by atoms with Gasteiger partial charge in [0, 0.05) is 22.7 Å². The number of carbonyl (C=O) groups is 1. The summed E-state index contributed by atoms with van der Waals surface area (Å²) in [5.74, 6) is -1.04. The minimum absolute atomic E-state index is 0.0488. The van der Waals surface area contributed by atoms with Crippen LogP contribution in [0.3, 0.4) is 0 Å². The highest BCUT2D eigenvalue weighted by Gasteiger charge is 2.11. The Balaban J connectivity index is 2.15. The Kier molecular flexibility index (Phi) is 2.34. The van der Waals surface area contributed by atoms with E-state index in [4.69, 9.17) is 16.7 Å². The van der Waals surface area contributed by atoms with Crippen molar-refractivity contribution in [1.29, 1.82) is 0 Å². The summed E-state index contributed by atoms with van der Waals surface area (Å²) in [7, 11) is 0. The molecule has 0 aliphatic carbocycles. The number of benzene rings is 1. The van der Waals surface area contributed by atoms with Gasteiger partial charge in [-0.2, -0.15) is 5.10 Å². The summed E-state index contributed by atoms with van der Waals surface area (Å²) in [4.78, 5) is 13.8. The van der Waals surface area contributed by atoms with E-state index in [-0.39, 0.29) is 5.69 Å². The summed E-state index contributed by atoms with van der Waals surface area (Å²) >= 11 is 6.15. The van der Waals surface area contributed by atoms with E-state index >= 15 is 0 Å². The fourth-order valence-corrected chi connectivity index (χ4v) is 2.13. The van der Waals surface area contributed by atoms with Crippen LogP contribution in [0.2, 0.25) is 5.02 Å². The predicted octanol–water partition coefficient (Wildman–Crippen LogP) is 2.91. The summed E-state index contributed by atoms with van der Waals surface area (Å²) in [6.07, 6.45) is 1.80. The van der Waals surface area contributed by atoms with Crippen molar-refractivity contribution in [2.75, 3.05) is 0 Å². The van der Waals surface area contributed by atoms with Gasteiger partial charge in [0.25, 0.3) is 0 Å². The Morgan fingerprint density at radius 2 is 2.17 bits per heavy atom. The van der Waals surface area contributed by atoms with Gasteiger partial charge >= 0.3 is 5.97 Å². The molecule has 0 saturated carbocycles. The largest absolute Gasteiger partial charge is 0.477 e. The first-order valence-corrected chi connectivity index (χ1v) is 5.58. The van der Waals surface area contributed by atoms with E-state index in [9.17, 15) is 4.79 Å². The van der Waals surface area contributed by atoms with Gasteiger partial charge in [0.2, 0.25) is 0 Å². The molecule has 0 bridgehead atoms. The number of aromatic carboxylic acids is 1. The van der Waals surface area contributed by atoms with Crippen LogP contribution < -0.4 is 0 Å². The fourth-order valence-electron chi connectivity index (χ4n) is 1.85. The summed E-state index contributed by atoms with van der Waals surface area (Å²) in [5, 5.41) is 16.8. The highest BCUT2D eigenvalue weighted by Crippen LogP contribution is 2.29. The Bertz CT molecular complexity index is 745. The van der Waals surface area contributed by atoms with E-state index in [2.05, 4.69) is 15.2 Å². The monoisotopic (exact) mass is 261 g/mol. The maximum atomic E-state index is 10.8. The SMILES string of the molecule is O=C(O)c1cc(-c2cc(Cl)c3cc[nH]c3c2)n[nH]1. The molecule has 18 heavy (non-hydrogen) atoms. The predicted molar refractivity (Wildman–Crippen MR) is 67.8 cm³/mol. The number of fused-ring (bicyclic) bond motifs is 1. The average Bonchev–Trinajstić information content (AvgIpc) is 2.97. The maximum absolute atomic E-state index is 10.8. The van der Waals surface area contributed by atoms with Crippen molar-refractivity contribution in [3.05, 3.63) is 41.2 Å². The topological polar surface area (TPSA) is 81.8 Å². The molecule has 2 aromatic heterocycles. The van der Waals surface area contributed by atoms with Gasteiger partial charge in [0.15, 0.2) is 0 Å². The number of halogens is 1. The summed E-state index contributed by atoms with van der Waals surface area (Å²) in [6, 6.07) is 7.00. The van der Waals surface area contributed by atoms with Crippen LogP contribution in [-0.4, -0.2) is 26.3 Å². The van der Waals surface area contributed by atoms with Crippen LogP contribution >= 0.6 is 11.6 Å². The van der Waals surface area contributed by atoms with Crippen molar-refractivity contribution in [3.63, 3.8) is 0 Å². The van der Waals surface area contributed by atoms with Crippen molar-refractivity contribution >= 4 is 28.5 Å². The molecule has 0 spiro atoms. The molecule has 3 N–H and O–H groups in total. The quantitative estimate of drug-likeness (QED) is 0.663. The van der Waals surface area contributed by atoms with Crippen molar-refractivity contribution in [3.8, 4) is 11.3 Å². The lowest BCUT2D eigenvalue weighted by atomic mass is 10.1. The van der Waals surface area contributed by atoms with E-state index in [0.29, 0.717) is 10.7 Å². The summed E-state index contributed by atoms with van der Waals surface area (Å²) in [5.41, 5.74) is 2.24. The van der Waals surface area contributed by atoms with Gasteiger partial charge in [-0.25, -0.2) is 4.79 Å². The van der Waals surface area contributed by atoms with E-state index in [0.717, 1.165) is 16.5 Å². The number of rotatable bonds is 2. The summed E-state index contributed by atoms with van der Waals surface area (Å²) < 4.78 is 0. The van der Waals surface area contributed by atoms with Gasteiger partial charge in [0.05, 0.1) is 10.7 Å². The Morgan fingerprint density at radius 1 is 1.33 bits per heavy atom. The lowest BCUT2D eigenvalue weighted by Crippen LogP contribution is -1.95. The number of carboxylic acids is 1. The van der Waals surface area contributed by atoms with E-state index in [1.165, 1.54) is 6.07 Å². The molecule has 2 heterocycles. The van der Waals surface area contributed by atoms with Gasteiger partial charge in [-0.15, -0.1) is 0 Å². The first-order valence-electron chi connectivity index (χ1n) is 5.21. The van der Waals surface area contributed by atoms with Crippen molar-refractivity contribution < 1.29 is 9.90 Å². The Morgan fingerprint density at radius 3 is 2.89 bits per heavy atom. The second kappa shape index (κ2) is 3.89. The minimum Gasteiger partial charge on any atom is -0.477 e. The molecule has 0 fully saturated rings. The molecule has 0 aliphatic rings. The van der Waals surface area contributed by atoms with Crippen molar-refractivity contribution in [2.45, 2.75) is 0 Å². The number of nitrogens with zero attached hydrogens (tertiary/aromatic N) is 1. The summed E-state index contributed by atoms with van der Waals surface area (Å²) in [6.45, 7) is 0. The molecule has 0 unspecified atom stereocenters. The second-order valence-corrected chi connectivity index (χ2v) is 4.28. The van der Waals surface area contributed by atoms with Crippen LogP contribution in [0.25, 0.3) is 22.2 Å². The van der Waals surface area contributed by atoms with Crippen LogP contribution in [0, 0.1) is 0 Å². The van der Waals surface area contributed by atoms with Gasteiger partial charge in [0.1, 0.15) is 5.69 Å². The fraction of sp³-hybridized carbons (Fsp3) is 0. The van der Waals surface area contributed by atoms with Gasteiger partial charge in [-0.05, 0) is 24.3 Å². The third-order valence-electron chi connectivity index (χ3n) is 2.72. The van der Waals surface area contributed by atoms with Gasteiger partial charge in [-0.1, -0.05) is 11.6 Å². The average molecular weight is 262 g/mol. The smallest absolute Gasteiger partial charge is 0.353 e. The molecule has 6 heteroatoms. The highest BCUT2D eigenvalue weighted by atomic mass is 35.5. The van der Waals surface area contributed by atoms with Crippen LogP contribution in [0.5, 0.6) is 0 Å². The first kappa shape index (κ1) is 10.9. The third-order valence-corrected chi connectivity index (χ3v) is 3.04. The third kappa shape index (κ3) is 1.65. The van der Waals surface area contributed by atoms with Crippen LogP contribution in [0.15, 0.2) is 30.5 Å². The maximum Gasteiger partial charge on any atom is 0.353 e. The number of H-pyrrole nitrogens is 2. The highest BCUT2D eigenvalue weighted by molar-refractivity contribution is 6.35. The lowest BCUT2D eigenvalue weighted by Gasteiger charge is -1.99. The molecule has 0 radical (unpaired) electrons. The molecule has 0 saturated heterocycles. The normalized spacial score (nSPS) is 10.9. The Labute approximate surface area is 106 Å². The number of aromatic nitrogens is 3. The van der Waals surface area contributed by atoms with Crippen LogP contribution in [-0.2, 0) is 0 Å². The van der Waals surface area contributed by atoms with Crippen molar-refractivity contribution in [2.24, 2.45) is 0 Å². The molecular weight excluding hydrogens is 254 g/mol. The molecule has 5 nitrogen and oxygen atoms in total. The molecule has 3 rings (SSSR count). The molecule has 1 aromatic carbocycles. The molecule has 0 aliphatic heterocycles. The zero-order chi connectivity index (χ0) is 12.7. The van der Waals surface area contributed by atoms with Crippen molar-refractivity contribution in [1.82, 2.24) is 15.2 Å². The standard InChI is InChI=1S/C12H8ClN3O2/c13-8-3-6(4-10-7(8)1-2-14-10)9-5-11(12(17)18)16-15-9/h1-5,14H,(H,15,16)(H,17,18). The number of aromatic amines is 2. The molecule has 0 atom stereocenters. The molecule has 0 amide bonds. The zero-order valence-electron chi connectivity index (χ0n) is 9.07. The number of hydrogen-bond donors (Lipinski definition) is 3. The number of nitrogens with one attached hydrogen (secondary N) is 2. The number of carboxylic acid groups (broad SMARTS) is 1. The zero-order valence-corrected chi connectivity index (χ0v) is 9.82. The molecule has 3 aromatic rings. The first-order chi connectivity index (χ1) is 8.65. The molecular formula is C12H8ClN3O2. The van der Waals surface area contributed by atoms with E-state index < -0.39 is 5.97 Å². The van der Waals surface area contributed by atoms with Gasteiger partial charge < -0.3 is 10.1 Å². The van der Waals surface area contributed by atoms with E-state index in [1.54, 1.807) is 12.3 Å². The van der Waals surface area contributed by atoms with Crippen LogP contribution in [0.4, 0.5) is 0 Å². The van der Waals surface area contributed by atoms with Gasteiger partial charge in [-0.3, -0.25) is 5.10 Å².